The minimum atomic E-state index is -0.553. The molecule has 3 atom stereocenters. The van der Waals surface area contributed by atoms with Crippen molar-refractivity contribution in [3.63, 3.8) is 0 Å². The van der Waals surface area contributed by atoms with Gasteiger partial charge in [0.05, 0.1) is 0 Å². The van der Waals surface area contributed by atoms with Crippen LogP contribution in [0.25, 0.3) is 0 Å². The number of ether oxygens (including phenoxy) is 1. The molecule has 27 heavy (non-hydrogen) atoms. The third-order valence-corrected chi connectivity index (χ3v) is 5.75. The number of carbonyl (C=O) groups excluding carboxylic acids is 2. The van der Waals surface area contributed by atoms with Crippen LogP contribution in [0.5, 0.6) is 5.75 Å². The highest BCUT2D eigenvalue weighted by atomic mass is 35.5. The minimum Gasteiger partial charge on any atom is -0.487 e. The van der Waals surface area contributed by atoms with Gasteiger partial charge < -0.3 is 15.0 Å². The summed E-state index contributed by atoms with van der Waals surface area (Å²) in [6.07, 6.45) is 3.19. The molecule has 0 saturated heterocycles. The Morgan fingerprint density at radius 1 is 1.33 bits per heavy atom. The Morgan fingerprint density at radius 3 is 2.78 bits per heavy atom. The van der Waals surface area contributed by atoms with E-state index in [1.54, 1.807) is 0 Å². The first-order valence-corrected chi connectivity index (χ1v) is 9.56. The van der Waals surface area contributed by atoms with Crippen LogP contribution in [-0.4, -0.2) is 49.4 Å². The van der Waals surface area contributed by atoms with Crippen LogP contribution in [0, 0.1) is 6.92 Å². The molecule has 0 aromatic heterocycles. The number of ketones is 1. The Hall–Kier alpha value is -1.59. The van der Waals surface area contributed by atoms with E-state index in [1.807, 2.05) is 26.2 Å². The average Bonchev–Trinajstić information content (AvgIpc) is 2.87. The van der Waals surface area contributed by atoms with Gasteiger partial charge in [-0.3, -0.25) is 9.59 Å². The molecular weight excluding hydrogens is 364 g/mol. The first kappa shape index (κ1) is 21.7. The molecule has 1 N–H and O–H groups in total. The van der Waals surface area contributed by atoms with Crippen molar-refractivity contribution < 1.29 is 14.3 Å². The fourth-order valence-electron chi connectivity index (χ4n) is 4.15. The molecule has 2 aliphatic rings. The molecular formula is C21H31ClN2O3. The fraction of sp³-hybridized carbons (Fsp3) is 0.619. The molecule has 1 amide bonds. The SMILES string of the molecule is Cc1ccc2c(c1)[C@]1(C)CCC(=O)[C@H](NC(=O)CCCCN(C)C)[C@@H]1O2.Cl. The van der Waals surface area contributed by atoms with Gasteiger partial charge in [0.15, 0.2) is 5.78 Å². The lowest BCUT2D eigenvalue weighted by Gasteiger charge is -2.39. The number of hydrogen-bond donors (Lipinski definition) is 1. The molecule has 3 rings (SSSR count). The van der Waals surface area contributed by atoms with Crippen molar-refractivity contribution in [3.8, 4) is 5.75 Å². The van der Waals surface area contributed by atoms with Gasteiger partial charge in [0.1, 0.15) is 17.9 Å². The number of amides is 1. The quantitative estimate of drug-likeness (QED) is 0.753. The number of nitrogens with zero attached hydrogens (tertiary/aromatic N) is 1. The molecule has 0 unspecified atom stereocenters. The van der Waals surface area contributed by atoms with Crippen LogP contribution in [0.15, 0.2) is 18.2 Å². The number of benzene rings is 1. The molecule has 150 valence electrons. The van der Waals surface area contributed by atoms with Crippen molar-refractivity contribution in [1.29, 1.82) is 0 Å². The van der Waals surface area contributed by atoms with E-state index in [0.29, 0.717) is 12.8 Å². The highest BCUT2D eigenvalue weighted by molar-refractivity contribution is 5.91. The number of nitrogens with one attached hydrogen (secondary N) is 1. The Labute approximate surface area is 168 Å². The Morgan fingerprint density at radius 2 is 2.07 bits per heavy atom. The van der Waals surface area contributed by atoms with E-state index in [-0.39, 0.29) is 35.6 Å². The highest BCUT2D eigenvalue weighted by Gasteiger charge is 2.54. The topological polar surface area (TPSA) is 58.6 Å². The highest BCUT2D eigenvalue weighted by Crippen LogP contribution is 2.49. The van der Waals surface area contributed by atoms with Crippen molar-refractivity contribution in [1.82, 2.24) is 10.2 Å². The lowest BCUT2D eigenvalue weighted by Crippen LogP contribution is -2.59. The van der Waals surface area contributed by atoms with Crippen LogP contribution in [0.1, 0.15) is 50.2 Å². The molecule has 1 aromatic carbocycles. The number of fused-ring (bicyclic) bond motifs is 3. The summed E-state index contributed by atoms with van der Waals surface area (Å²) >= 11 is 0. The van der Waals surface area contributed by atoms with Crippen LogP contribution >= 0.6 is 12.4 Å². The van der Waals surface area contributed by atoms with E-state index < -0.39 is 6.04 Å². The zero-order valence-corrected chi connectivity index (χ0v) is 17.5. The molecule has 1 aliphatic heterocycles. The van der Waals surface area contributed by atoms with E-state index in [4.69, 9.17) is 4.74 Å². The zero-order chi connectivity index (χ0) is 18.9. The summed E-state index contributed by atoms with van der Waals surface area (Å²) < 4.78 is 6.17. The van der Waals surface area contributed by atoms with Gasteiger partial charge in [-0.15, -0.1) is 12.4 Å². The number of unbranched alkanes of at least 4 members (excludes halogenated alkanes) is 1. The van der Waals surface area contributed by atoms with Gasteiger partial charge >= 0.3 is 0 Å². The standard InChI is InChI=1S/C21H30N2O3.ClH/c1-14-8-9-17-15(13-14)21(2)11-10-16(24)19(20(21)26-17)22-18(25)7-5-6-12-23(3)4;/h8-9,13,19-20H,5-7,10-12H2,1-4H3,(H,22,25);1H/t19-,20-,21-;/m0./s1. The van der Waals surface area contributed by atoms with Gasteiger partial charge in [0, 0.05) is 23.8 Å². The molecule has 5 nitrogen and oxygen atoms in total. The van der Waals surface area contributed by atoms with E-state index in [2.05, 4.69) is 30.1 Å². The number of carbonyl (C=O) groups is 2. The van der Waals surface area contributed by atoms with E-state index in [9.17, 15) is 9.59 Å². The lowest BCUT2D eigenvalue weighted by atomic mass is 9.67. The summed E-state index contributed by atoms with van der Waals surface area (Å²) in [5, 5.41) is 2.98. The minimum absolute atomic E-state index is 0. The monoisotopic (exact) mass is 394 g/mol. The molecule has 0 bridgehead atoms. The van der Waals surface area contributed by atoms with Gasteiger partial charge in [0.2, 0.25) is 5.91 Å². The summed E-state index contributed by atoms with van der Waals surface area (Å²) in [6, 6.07) is 5.62. The van der Waals surface area contributed by atoms with Gasteiger partial charge in [-0.25, -0.2) is 0 Å². The zero-order valence-electron chi connectivity index (χ0n) is 16.7. The number of aryl methyl sites for hydroxylation is 1. The molecule has 1 aliphatic carbocycles. The Bertz CT molecular complexity index is 707. The van der Waals surface area contributed by atoms with E-state index in [0.717, 1.165) is 31.6 Å². The summed E-state index contributed by atoms with van der Waals surface area (Å²) in [4.78, 5) is 27.1. The smallest absolute Gasteiger partial charge is 0.220 e. The van der Waals surface area contributed by atoms with E-state index in [1.165, 1.54) is 11.1 Å². The first-order chi connectivity index (χ1) is 12.3. The van der Waals surface area contributed by atoms with Crippen LogP contribution < -0.4 is 10.1 Å². The molecule has 1 aromatic rings. The van der Waals surface area contributed by atoms with Gasteiger partial charge in [0.25, 0.3) is 0 Å². The van der Waals surface area contributed by atoms with Gasteiger partial charge in [-0.1, -0.05) is 24.6 Å². The van der Waals surface area contributed by atoms with Gasteiger partial charge in [-0.05, 0) is 52.9 Å². The largest absolute Gasteiger partial charge is 0.487 e. The summed E-state index contributed by atoms with van der Waals surface area (Å²) in [7, 11) is 4.05. The summed E-state index contributed by atoms with van der Waals surface area (Å²) in [5.41, 5.74) is 2.13. The normalized spacial score (nSPS) is 26.0. The third-order valence-electron chi connectivity index (χ3n) is 5.75. The molecule has 1 saturated carbocycles. The Balaban J connectivity index is 0.00000261. The predicted octanol–water partition coefficient (Wildman–Crippen LogP) is 3.02. The first-order valence-electron chi connectivity index (χ1n) is 9.56. The van der Waals surface area contributed by atoms with Crippen LogP contribution in [0.3, 0.4) is 0 Å². The number of hydrogen-bond acceptors (Lipinski definition) is 4. The third kappa shape index (κ3) is 4.46. The van der Waals surface area contributed by atoms with Crippen molar-refractivity contribution in [2.45, 2.75) is 63.5 Å². The van der Waals surface area contributed by atoms with Crippen LogP contribution in [0.4, 0.5) is 0 Å². The maximum atomic E-state index is 12.6. The fourth-order valence-corrected chi connectivity index (χ4v) is 4.15. The van der Waals surface area contributed by atoms with Crippen molar-refractivity contribution in [2.75, 3.05) is 20.6 Å². The molecule has 0 radical (unpaired) electrons. The van der Waals surface area contributed by atoms with Crippen molar-refractivity contribution in [3.05, 3.63) is 29.3 Å². The van der Waals surface area contributed by atoms with Crippen molar-refractivity contribution in [2.24, 2.45) is 0 Å². The average molecular weight is 395 g/mol. The second-order valence-corrected chi connectivity index (χ2v) is 8.23. The molecule has 1 heterocycles. The molecule has 0 spiro atoms. The summed E-state index contributed by atoms with van der Waals surface area (Å²) in [6.45, 7) is 5.19. The van der Waals surface area contributed by atoms with Crippen LogP contribution in [0.2, 0.25) is 0 Å². The van der Waals surface area contributed by atoms with Crippen LogP contribution in [-0.2, 0) is 15.0 Å². The molecule has 1 fully saturated rings. The maximum absolute atomic E-state index is 12.6. The lowest BCUT2D eigenvalue weighted by molar-refractivity contribution is -0.133. The maximum Gasteiger partial charge on any atom is 0.220 e. The second-order valence-electron chi connectivity index (χ2n) is 8.23. The number of rotatable bonds is 6. The number of halogens is 1. The summed E-state index contributed by atoms with van der Waals surface area (Å²) in [5.74, 6) is 0.878. The predicted molar refractivity (Wildman–Crippen MR) is 109 cm³/mol. The van der Waals surface area contributed by atoms with Gasteiger partial charge in [-0.2, -0.15) is 0 Å². The van der Waals surface area contributed by atoms with E-state index >= 15 is 0 Å². The Kier molecular flexibility index (Phi) is 6.92. The number of Topliss-reactive ketones (excluding diaryl/α,β-unsaturated/α-hetero) is 1. The van der Waals surface area contributed by atoms with Crippen molar-refractivity contribution >= 4 is 24.1 Å². The second kappa shape index (κ2) is 8.61. The molecule has 6 heteroatoms.